The molecule has 2 rings (SSSR count). The van der Waals surface area contributed by atoms with Crippen LogP contribution in [-0.2, 0) is 0 Å². The van der Waals surface area contributed by atoms with Crippen LogP contribution in [0.1, 0.15) is 0 Å². The van der Waals surface area contributed by atoms with Crippen molar-refractivity contribution in [1.82, 2.24) is 4.98 Å². The van der Waals surface area contributed by atoms with Crippen LogP contribution in [0.2, 0.25) is 5.02 Å². The Balaban J connectivity index is 2.36. The number of halogens is 3. The van der Waals surface area contributed by atoms with E-state index in [2.05, 4.69) is 26.2 Å². The lowest BCUT2D eigenvalue weighted by Gasteiger charge is -2.11. The Morgan fingerprint density at radius 1 is 1.39 bits per heavy atom. The van der Waals surface area contributed by atoms with Gasteiger partial charge in [0.25, 0.3) is 0 Å². The van der Waals surface area contributed by atoms with Crippen LogP contribution >= 0.6 is 27.5 Å². The van der Waals surface area contributed by atoms with Gasteiger partial charge in [-0.2, -0.15) is 0 Å². The van der Waals surface area contributed by atoms with E-state index in [1.807, 2.05) is 0 Å². The molecule has 1 aromatic carbocycles. The molecule has 94 valence electrons. The molecule has 0 spiro atoms. The van der Waals surface area contributed by atoms with E-state index in [1.165, 1.54) is 19.4 Å². The van der Waals surface area contributed by atoms with Crippen LogP contribution in [0.4, 0.5) is 15.9 Å². The van der Waals surface area contributed by atoms with Crippen LogP contribution in [0, 0.1) is 5.82 Å². The molecule has 0 aliphatic rings. The van der Waals surface area contributed by atoms with Crippen LogP contribution in [0.3, 0.4) is 0 Å². The van der Waals surface area contributed by atoms with Gasteiger partial charge in [-0.25, -0.2) is 9.37 Å². The van der Waals surface area contributed by atoms with Gasteiger partial charge in [0, 0.05) is 15.7 Å². The molecule has 3 nitrogen and oxygen atoms in total. The van der Waals surface area contributed by atoms with E-state index in [-0.39, 0.29) is 5.82 Å². The first-order chi connectivity index (χ1) is 8.60. The fourth-order valence-electron chi connectivity index (χ4n) is 1.41. The van der Waals surface area contributed by atoms with Gasteiger partial charge in [-0.15, -0.1) is 0 Å². The lowest BCUT2D eigenvalue weighted by molar-refractivity contribution is 0.417. The number of benzene rings is 1. The van der Waals surface area contributed by atoms with Crippen molar-refractivity contribution >= 4 is 39.0 Å². The number of aromatic nitrogens is 1. The van der Waals surface area contributed by atoms with Gasteiger partial charge in [-0.05, 0) is 40.2 Å². The molecule has 0 unspecified atom stereocenters. The number of ether oxygens (including phenoxy) is 1. The zero-order valence-electron chi connectivity index (χ0n) is 9.38. The predicted molar refractivity (Wildman–Crippen MR) is 73.2 cm³/mol. The third kappa shape index (κ3) is 2.91. The van der Waals surface area contributed by atoms with Gasteiger partial charge in [0.1, 0.15) is 5.75 Å². The summed E-state index contributed by atoms with van der Waals surface area (Å²) in [6.07, 6.45) is 1.50. The van der Waals surface area contributed by atoms with E-state index in [9.17, 15) is 4.39 Å². The van der Waals surface area contributed by atoms with Gasteiger partial charge in [0.15, 0.2) is 11.6 Å². The molecule has 0 saturated carbocycles. The normalized spacial score (nSPS) is 10.2. The first kappa shape index (κ1) is 13.1. The summed E-state index contributed by atoms with van der Waals surface area (Å²) in [6, 6.07) is 6.36. The van der Waals surface area contributed by atoms with Crippen LogP contribution in [0.25, 0.3) is 0 Å². The second-order valence-corrected chi connectivity index (χ2v) is 4.81. The Labute approximate surface area is 117 Å². The minimum Gasteiger partial charge on any atom is -0.495 e. The Kier molecular flexibility index (Phi) is 4.04. The highest BCUT2D eigenvalue weighted by Gasteiger charge is 2.09. The van der Waals surface area contributed by atoms with Crippen molar-refractivity contribution in [2.45, 2.75) is 0 Å². The molecule has 0 aliphatic carbocycles. The molecule has 0 aliphatic heterocycles. The minimum atomic E-state index is -0.466. The second-order valence-electron chi connectivity index (χ2n) is 3.45. The molecule has 2 aromatic rings. The van der Waals surface area contributed by atoms with Gasteiger partial charge in [-0.3, -0.25) is 0 Å². The first-order valence-electron chi connectivity index (χ1n) is 5.02. The van der Waals surface area contributed by atoms with Gasteiger partial charge < -0.3 is 10.1 Å². The first-order valence-corrected chi connectivity index (χ1v) is 6.19. The van der Waals surface area contributed by atoms with Crippen LogP contribution in [0.5, 0.6) is 5.75 Å². The van der Waals surface area contributed by atoms with Gasteiger partial charge in [-0.1, -0.05) is 11.6 Å². The Bertz CT molecular complexity index is 580. The number of nitrogens with zero attached hydrogens (tertiary/aromatic N) is 1. The highest BCUT2D eigenvalue weighted by molar-refractivity contribution is 9.10. The number of methoxy groups -OCH3 is 1. The Hall–Kier alpha value is -1.33. The maximum absolute atomic E-state index is 13.6. The summed E-state index contributed by atoms with van der Waals surface area (Å²) in [6.45, 7) is 0. The molecular weight excluding hydrogens is 323 g/mol. The van der Waals surface area contributed by atoms with E-state index in [0.29, 0.717) is 20.9 Å². The maximum atomic E-state index is 13.6. The van der Waals surface area contributed by atoms with Crippen LogP contribution < -0.4 is 10.1 Å². The fourth-order valence-corrected chi connectivity index (χ4v) is 1.89. The Morgan fingerprint density at radius 3 is 2.83 bits per heavy atom. The number of rotatable bonds is 3. The molecule has 1 aromatic heterocycles. The lowest BCUT2D eigenvalue weighted by Crippen LogP contribution is -1.99. The summed E-state index contributed by atoms with van der Waals surface area (Å²) in [7, 11) is 1.53. The summed E-state index contributed by atoms with van der Waals surface area (Å²) < 4.78 is 19.4. The summed E-state index contributed by atoms with van der Waals surface area (Å²) in [5.74, 6) is 0.202. The maximum Gasteiger partial charge on any atom is 0.166 e. The number of anilines is 2. The van der Waals surface area contributed by atoms with Gasteiger partial charge in [0.05, 0.1) is 12.8 Å². The van der Waals surface area contributed by atoms with Crippen molar-refractivity contribution in [3.63, 3.8) is 0 Å². The van der Waals surface area contributed by atoms with Crippen LogP contribution in [-0.4, -0.2) is 12.1 Å². The average molecular weight is 332 g/mol. The van der Waals surface area contributed by atoms with Crippen molar-refractivity contribution < 1.29 is 9.13 Å². The molecule has 0 atom stereocenters. The largest absolute Gasteiger partial charge is 0.495 e. The highest BCUT2D eigenvalue weighted by atomic mass is 79.9. The predicted octanol–water partition coefficient (Wildman–Crippen LogP) is 4.39. The quantitative estimate of drug-likeness (QED) is 0.906. The highest BCUT2D eigenvalue weighted by Crippen LogP contribution is 2.30. The molecule has 18 heavy (non-hydrogen) atoms. The van der Waals surface area contributed by atoms with Crippen LogP contribution in [0.15, 0.2) is 34.9 Å². The van der Waals surface area contributed by atoms with E-state index >= 15 is 0 Å². The van der Waals surface area contributed by atoms with Gasteiger partial charge in [0.2, 0.25) is 0 Å². The third-order valence-corrected chi connectivity index (χ3v) is 2.89. The minimum absolute atomic E-state index is 0.110. The van der Waals surface area contributed by atoms with E-state index in [0.717, 1.165) is 0 Å². The number of pyridine rings is 1. The average Bonchev–Trinajstić information content (AvgIpc) is 2.33. The molecule has 1 heterocycles. The van der Waals surface area contributed by atoms with Crippen molar-refractivity contribution in [3.05, 3.63) is 45.8 Å². The topological polar surface area (TPSA) is 34.1 Å². The zero-order chi connectivity index (χ0) is 13.1. The van der Waals surface area contributed by atoms with Crippen molar-refractivity contribution in [3.8, 4) is 5.75 Å². The molecule has 1 N–H and O–H groups in total. The molecule has 0 bridgehead atoms. The van der Waals surface area contributed by atoms with E-state index < -0.39 is 5.82 Å². The smallest absolute Gasteiger partial charge is 0.166 e. The van der Waals surface area contributed by atoms with E-state index in [4.69, 9.17) is 16.3 Å². The molecular formula is C12H9BrClFN2O. The summed E-state index contributed by atoms with van der Waals surface area (Å²) in [5, 5.41) is 3.37. The standard InChI is InChI=1S/C12H9BrClFN2O/c1-18-11-3-2-8(14)5-10(11)17-12-9(15)4-7(13)6-16-12/h2-6H,1H3,(H,16,17). The second kappa shape index (κ2) is 5.54. The Morgan fingerprint density at radius 2 is 2.17 bits per heavy atom. The van der Waals surface area contributed by atoms with E-state index in [1.54, 1.807) is 18.2 Å². The monoisotopic (exact) mass is 330 g/mol. The SMILES string of the molecule is COc1ccc(Cl)cc1Nc1ncc(Br)cc1F. The molecule has 6 heteroatoms. The number of hydrogen-bond donors (Lipinski definition) is 1. The molecule has 0 saturated heterocycles. The zero-order valence-corrected chi connectivity index (χ0v) is 11.7. The fraction of sp³-hybridized carbons (Fsp3) is 0.0833. The molecule has 0 radical (unpaired) electrons. The lowest BCUT2D eigenvalue weighted by atomic mass is 10.3. The van der Waals surface area contributed by atoms with Crippen molar-refractivity contribution in [2.24, 2.45) is 0 Å². The number of hydrogen-bond acceptors (Lipinski definition) is 3. The summed E-state index contributed by atoms with van der Waals surface area (Å²) in [5.41, 5.74) is 0.554. The summed E-state index contributed by atoms with van der Waals surface area (Å²) in [4.78, 5) is 3.95. The summed E-state index contributed by atoms with van der Waals surface area (Å²) >= 11 is 9.03. The third-order valence-electron chi connectivity index (χ3n) is 2.22. The van der Waals surface area contributed by atoms with Crippen molar-refractivity contribution in [2.75, 3.05) is 12.4 Å². The number of nitrogens with one attached hydrogen (secondary N) is 1. The molecule has 0 amide bonds. The van der Waals surface area contributed by atoms with Gasteiger partial charge >= 0.3 is 0 Å². The van der Waals surface area contributed by atoms with Crippen molar-refractivity contribution in [1.29, 1.82) is 0 Å². The molecule has 0 fully saturated rings.